The van der Waals surface area contributed by atoms with Gasteiger partial charge in [-0.3, -0.25) is 4.90 Å². The predicted molar refractivity (Wildman–Crippen MR) is 73.5 cm³/mol. The van der Waals surface area contributed by atoms with Gasteiger partial charge in [-0.1, -0.05) is 26.8 Å². The second-order valence-electron chi connectivity index (χ2n) is 4.87. The van der Waals surface area contributed by atoms with Gasteiger partial charge in [-0.05, 0) is 30.2 Å². The maximum atomic E-state index is 9.07. The van der Waals surface area contributed by atoms with Crippen molar-refractivity contribution in [1.29, 1.82) is 5.26 Å². The molecule has 0 spiro atoms. The molecule has 0 heterocycles. The average molecular weight is 246 g/mol. The molecule has 0 N–H and O–H groups in total. The molecule has 0 aliphatic heterocycles. The molecule has 0 aliphatic carbocycles. The Balaban J connectivity index is 2.81. The maximum Gasteiger partial charge on any atom is 0.136 e. The molecule has 0 saturated carbocycles. The van der Waals surface area contributed by atoms with Gasteiger partial charge in [0.05, 0.1) is 12.7 Å². The number of hydrogen-bond acceptors (Lipinski definition) is 3. The van der Waals surface area contributed by atoms with Crippen molar-refractivity contribution in [3.05, 3.63) is 29.3 Å². The monoisotopic (exact) mass is 246 g/mol. The molecule has 1 aromatic rings. The molecular weight excluding hydrogens is 224 g/mol. The molecule has 3 heteroatoms. The van der Waals surface area contributed by atoms with Crippen LogP contribution < -0.4 is 4.74 Å². The third-order valence-electron chi connectivity index (χ3n) is 2.86. The van der Waals surface area contributed by atoms with Crippen LogP contribution in [0.1, 0.15) is 31.9 Å². The minimum Gasteiger partial charge on any atom is -0.495 e. The number of methoxy groups -OCH3 is 1. The lowest BCUT2D eigenvalue weighted by atomic mass is 10.1. The zero-order valence-corrected chi connectivity index (χ0v) is 11.7. The van der Waals surface area contributed by atoms with E-state index in [1.54, 1.807) is 7.11 Å². The summed E-state index contributed by atoms with van der Waals surface area (Å²) in [6, 6.07) is 8.00. The van der Waals surface area contributed by atoms with E-state index in [4.69, 9.17) is 10.00 Å². The highest BCUT2D eigenvalue weighted by Crippen LogP contribution is 2.19. The lowest BCUT2D eigenvalue weighted by molar-refractivity contribution is 0.248. The van der Waals surface area contributed by atoms with Crippen LogP contribution in [0.25, 0.3) is 0 Å². The van der Waals surface area contributed by atoms with Gasteiger partial charge < -0.3 is 4.74 Å². The second-order valence-corrected chi connectivity index (χ2v) is 4.87. The number of nitrogens with zero attached hydrogens (tertiary/aromatic N) is 2. The van der Waals surface area contributed by atoms with Crippen LogP contribution in [0, 0.1) is 17.2 Å². The molecule has 0 bridgehead atoms. The van der Waals surface area contributed by atoms with E-state index in [1.165, 1.54) is 0 Å². The summed E-state index contributed by atoms with van der Waals surface area (Å²) in [6.07, 6.45) is 0. The highest BCUT2D eigenvalue weighted by atomic mass is 16.5. The fraction of sp³-hybridized carbons (Fsp3) is 0.533. The van der Waals surface area contributed by atoms with E-state index in [9.17, 15) is 0 Å². The number of nitriles is 1. The van der Waals surface area contributed by atoms with Gasteiger partial charge in [0, 0.05) is 13.1 Å². The van der Waals surface area contributed by atoms with Crippen LogP contribution >= 0.6 is 0 Å². The molecule has 1 aromatic carbocycles. The van der Waals surface area contributed by atoms with Gasteiger partial charge in [0.15, 0.2) is 0 Å². The van der Waals surface area contributed by atoms with E-state index in [0.29, 0.717) is 17.2 Å². The van der Waals surface area contributed by atoms with Crippen molar-refractivity contribution in [1.82, 2.24) is 4.90 Å². The molecule has 3 nitrogen and oxygen atoms in total. The first-order valence-corrected chi connectivity index (χ1v) is 6.40. The minimum absolute atomic E-state index is 0.607. The smallest absolute Gasteiger partial charge is 0.136 e. The zero-order chi connectivity index (χ0) is 13.5. The molecule has 98 valence electrons. The van der Waals surface area contributed by atoms with E-state index >= 15 is 0 Å². The van der Waals surface area contributed by atoms with Crippen LogP contribution in [0.3, 0.4) is 0 Å². The summed E-state index contributed by atoms with van der Waals surface area (Å²) in [6.45, 7) is 9.58. The summed E-state index contributed by atoms with van der Waals surface area (Å²) in [5, 5.41) is 9.07. The molecule has 0 aromatic heterocycles. The van der Waals surface area contributed by atoms with Gasteiger partial charge in [-0.15, -0.1) is 0 Å². The van der Waals surface area contributed by atoms with Gasteiger partial charge in [-0.25, -0.2) is 0 Å². The molecule has 0 amide bonds. The Kier molecular flexibility index (Phi) is 5.67. The van der Waals surface area contributed by atoms with E-state index in [2.05, 4.69) is 31.7 Å². The van der Waals surface area contributed by atoms with Gasteiger partial charge in [0.2, 0.25) is 0 Å². The van der Waals surface area contributed by atoms with Crippen LogP contribution in [0.2, 0.25) is 0 Å². The summed E-state index contributed by atoms with van der Waals surface area (Å²) in [5.41, 5.74) is 1.77. The number of ether oxygens (including phenoxy) is 1. The molecule has 0 atom stereocenters. The third kappa shape index (κ3) is 4.05. The van der Waals surface area contributed by atoms with E-state index in [0.717, 1.165) is 25.2 Å². The number of rotatable bonds is 6. The van der Waals surface area contributed by atoms with Gasteiger partial charge in [-0.2, -0.15) is 5.26 Å². The van der Waals surface area contributed by atoms with Crippen molar-refractivity contribution in [2.45, 2.75) is 27.3 Å². The standard InChI is InChI=1S/C15H22N2O/c1-5-17(10-12(2)3)11-13-6-7-15(18-4)14(8-13)9-16/h6-8,12H,5,10-11H2,1-4H3. The summed E-state index contributed by atoms with van der Waals surface area (Å²) in [4.78, 5) is 2.38. The molecule has 0 unspecified atom stereocenters. The van der Waals surface area contributed by atoms with Crippen molar-refractivity contribution in [3.8, 4) is 11.8 Å². The summed E-state index contributed by atoms with van der Waals surface area (Å²) in [5.74, 6) is 1.30. The maximum absolute atomic E-state index is 9.07. The zero-order valence-electron chi connectivity index (χ0n) is 11.7. The van der Waals surface area contributed by atoms with Crippen molar-refractivity contribution in [2.75, 3.05) is 20.2 Å². The van der Waals surface area contributed by atoms with Crippen molar-refractivity contribution in [3.63, 3.8) is 0 Å². The SMILES string of the molecule is CCN(Cc1ccc(OC)c(C#N)c1)CC(C)C. The fourth-order valence-corrected chi connectivity index (χ4v) is 2.02. The molecule has 18 heavy (non-hydrogen) atoms. The van der Waals surface area contributed by atoms with E-state index in [1.807, 2.05) is 18.2 Å². The quantitative estimate of drug-likeness (QED) is 0.774. The normalized spacial score (nSPS) is 10.7. The largest absolute Gasteiger partial charge is 0.495 e. The number of hydrogen-bond donors (Lipinski definition) is 0. The molecule has 0 saturated heterocycles. The molecule has 0 radical (unpaired) electrons. The van der Waals surface area contributed by atoms with Crippen molar-refractivity contribution < 1.29 is 4.74 Å². The fourth-order valence-electron chi connectivity index (χ4n) is 2.02. The molecule has 0 fully saturated rings. The van der Waals surface area contributed by atoms with E-state index in [-0.39, 0.29) is 0 Å². The molecule has 1 rings (SSSR count). The molecule has 0 aliphatic rings. The van der Waals surface area contributed by atoms with Crippen LogP contribution in [0.15, 0.2) is 18.2 Å². The van der Waals surface area contributed by atoms with Crippen molar-refractivity contribution in [2.24, 2.45) is 5.92 Å². The first kappa shape index (κ1) is 14.5. The third-order valence-corrected chi connectivity index (χ3v) is 2.86. The molecular formula is C15H22N2O. The Hall–Kier alpha value is -1.53. The number of benzene rings is 1. The van der Waals surface area contributed by atoms with Crippen LogP contribution in [0.5, 0.6) is 5.75 Å². The van der Waals surface area contributed by atoms with Crippen LogP contribution in [-0.2, 0) is 6.54 Å². The lowest BCUT2D eigenvalue weighted by Gasteiger charge is -2.22. The van der Waals surface area contributed by atoms with Crippen LogP contribution in [-0.4, -0.2) is 25.1 Å². The summed E-state index contributed by atoms with van der Waals surface area (Å²) >= 11 is 0. The highest BCUT2D eigenvalue weighted by molar-refractivity contribution is 5.45. The van der Waals surface area contributed by atoms with Gasteiger partial charge >= 0.3 is 0 Å². The highest BCUT2D eigenvalue weighted by Gasteiger charge is 2.08. The van der Waals surface area contributed by atoms with Gasteiger partial charge in [0.1, 0.15) is 11.8 Å². The Labute approximate surface area is 110 Å². The van der Waals surface area contributed by atoms with E-state index < -0.39 is 0 Å². The second kappa shape index (κ2) is 7.03. The Bertz CT molecular complexity index is 421. The predicted octanol–water partition coefficient (Wildman–Crippen LogP) is 3.04. The Morgan fingerprint density at radius 3 is 2.61 bits per heavy atom. The van der Waals surface area contributed by atoms with Crippen molar-refractivity contribution >= 4 is 0 Å². The van der Waals surface area contributed by atoms with Crippen LogP contribution in [0.4, 0.5) is 0 Å². The average Bonchev–Trinajstić information content (AvgIpc) is 2.37. The van der Waals surface area contributed by atoms with Gasteiger partial charge in [0.25, 0.3) is 0 Å². The summed E-state index contributed by atoms with van der Waals surface area (Å²) < 4.78 is 5.15. The topological polar surface area (TPSA) is 36.3 Å². The first-order valence-electron chi connectivity index (χ1n) is 6.40. The Morgan fingerprint density at radius 2 is 2.11 bits per heavy atom. The lowest BCUT2D eigenvalue weighted by Crippen LogP contribution is -2.27. The summed E-state index contributed by atoms with van der Waals surface area (Å²) in [7, 11) is 1.59. The Morgan fingerprint density at radius 1 is 1.39 bits per heavy atom. The first-order chi connectivity index (χ1) is 8.60. The minimum atomic E-state index is 0.607.